The van der Waals surface area contributed by atoms with Gasteiger partial charge in [-0.05, 0) is 74.6 Å². The molecule has 0 radical (unpaired) electrons. The van der Waals surface area contributed by atoms with Crippen molar-refractivity contribution in [2.24, 2.45) is 17.8 Å². The van der Waals surface area contributed by atoms with Crippen LogP contribution in [0.15, 0.2) is 24.3 Å². The van der Waals surface area contributed by atoms with Gasteiger partial charge >= 0.3 is 12.1 Å². The lowest BCUT2D eigenvalue weighted by molar-refractivity contribution is -0.256. The summed E-state index contributed by atoms with van der Waals surface area (Å²) in [5, 5.41) is 28.5. The molecule has 3 heterocycles. The number of alkyl carbamates (subject to hydrolysis) is 1. The highest BCUT2D eigenvalue weighted by molar-refractivity contribution is 5.87. The lowest BCUT2D eigenvalue weighted by atomic mass is 9.65. The van der Waals surface area contributed by atoms with Crippen molar-refractivity contribution in [2.75, 3.05) is 27.6 Å². The number of esters is 1. The smallest absolute Gasteiger partial charge is 0.408 e. The fourth-order valence-electron chi connectivity index (χ4n) is 8.19. The maximum absolute atomic E-state index is 14.1. The van der Waals surface area contributed by atoms with Crippen LogP contribution in [0.3, 0.4) is 0 Å². The summed E-state index contributed by atoms with van der Waals surface area (Å²) in [6, 6.07) is 5.27. The van der Waals surface area contributed by atoms with Crippen molar-refractivity contribution in [2.45, 2.75) is 89.6 Å². The Hall–Kier alpha value is -4.43. The summed E-state index contributed by atoms with van der Waals surface area (Å²) < 4.78 is 33.8. The van der Waals surface area contributed by atoms with E-state index in [2.05, 4.69) is 10.6 Å². The van der Waals surface area contributed by atoms with Gasteiger partial charge in [-0.2, -0.15) is 5.06 Å². The summed E-state index contributed by atoms with van der Waals surface area (Å²) in [6.45, 7) is 11.2. The van der Waals surface area contributed by atoms with E-state index in [1.165, 1.54) is 19.3 Å². The third-order valence-corrected chi connectivity index (χ3v) is 10.4. The number of cyclic esters (lactones) is 1. The van der Waals surface area contributed by atoms with Crippen LogP contribution in [0.25, 0.3) is 0 Å². The molecule has 2 fully saturated rings. The molecule has 2 amide bonds. The van der Waals surface area contributed by atoms with Crippen LogP contribution in [0.2, 0.25) is 0 Å². The maximum atomic E-state index is 14.1. The minimum atomic E-state index is -0.973. The van der Waals surface area contributed by atoms with Gasteiger partial charge in [-0.15, -0.1) is 0 Å². The third kappa shape index (κ3) is 6.23. The first kappa shape index (κ1) is 35.4. The number of amides is 2. The molecule has 272 valence electrons. The molecule has 50 heavy (non-hydrogen) atoms. The first-order valence-electron chi connectivity index (χ1n) is 16.9. The largest absolute Gasteiger partial charge is 0.502 e. The van der Waals surface area contributed by atoms with Gasteiger partial charge in [0.15, 0.2) is 23.0 Å². The summed E-state index contributed by atoms with van der Waals surface area (Å²) >= 11 is 0. The highest BCUT2D eigenvalue weighted by Crippen LogP contribution is 2.55. The minimum absolute atomic E-state index is 0.0167. The molecule has 3 aliphatic heterocycles. The molecular formula is C36H47N3O11. The monoisotopic (exact) mass is 697 g/mol. The van der Waals surface area contributed by atoms with Gasteiger partial charge in [0, 0.05) is 35.8 Å². The van der Waals surface area contributed by atoms with Gasteiger partial charge in [-0.1, -0.05) is 13.8 Å². The average Bonchev–Trinajstić information content (AvgIpc) is 3.67. The number of phenols is 1. The summed E-state index contributed by atoms with van der Waals surface area (Å²) in [6.07, 6.45) is -0.400. The Morgan fingerprint density at radius 3 is 2.08 bits per heavy atom. The number of ether oxygens (including phenoxy) is 6. The van der Waals surface area contributed by atoms with Crippen molar-refractivity contribution in [3.63, 3.8) is 0 Å². The molecule has 2 saturated heterocycles. The van der Waals surface area contributed by atoms with Gasteiger partial charge in [0.25, 0.3) is 0 Å². The van der Waals surface area contributed by atoms with Crippen LogP contribution in [0.1, 0.15) is 83.0 Å². The van der Waals surface area contributed by atoms with Crippen LogP contribution < -0.4 is 29.6 Å². The number of carbonyl (C=O) groups is 3. The number of nitrogens with one attached hydrogen (secondary N) is 2. The Balaban J connectivity index is 1.31. The highest BCUT2D eigenvalue weighted by atomic mass is 16.7. The lowest BCUT2D eigenvalue weighted by Crippen LogP contribution is -2.61. The maximum Gasteiger partial charge on any atom is 0.408 e. The average molecular weight is 698 g/mol. The van der Waals surface area contributed by atoms with E-state index in [1.54, 1.807) is 12.1 Å². The number of phenolic OH excluding ortho intramolecular Hbond substituents is 1. The van der Waals surface area contributed by atoms with Gasteiger partial charge in [-0.3, -0.25) is 9.59 Å². The second kappa shape index (κ2) is 13.0. The van der Waals surface area contributed by atoms with Crippen molar-refractivity contribution in [3.8, 4) is 28.7 Å². The number of fused-ring (bicyclic) bond motifs is 3. The SMILES string of the molecule is COc1cc([C@@H]2c3cc4c(cc3[C@@H](NC(=O)[C@@H](NC(=O)OC3CC(C)(C)N(O)C(C)(C)C3)C(C)C)[C@H]3COC(=O)[C@H]23)OCO4)cc(OC)c1O. The quantitative estimate of drug-likeness (QED) is 0.287. The fraction of sp³-hybridized carbons (Fsp3) is 0.583. The Labute approximate surface area is 291 Å². The first-order chi connectivity index (χ1) is 23.6. The van der Waals surface area contributed by atoms with Gasteiger partial charge in [0.05, 0.1) is 32.8 Å². The molecular weight excluding hydrogens is 650 g/mol. The Kier molecular flexibility index (Phi) is 9.23. The van der Waals surface area contributed by atoms with Crippen LogP contribution in [0.5, 0.6) is 28.7 Å². The first-order valence-corrected chi connectivity index (χ1v) is 16.9. The van der Waals surface area contributed by atoms with Crippen molar-refractivity contribution in [1.82, 2.24) is 15.7 Å². The number of hydroxylamine groups is 2. The zero-order valence-electron chi connectivity index (χ0n) is 29.7. The summed E-state index contributed by atoms with van der Waals surface area (Å²) in [5.41, 5.74) is 0.775. The fourth-order valence-corrected chi connectivity index (χ4v) is 8.19. The predicted octanol–water partition coefficient (Wildman–Crippen LogP) is 4.39. The van der Waals surface area contributed by atoms with E-state index in [-0.39, 0.29) is 36.6 Å². The van der Waals surface area contributed by atoms with Crippen molar-refractivity contribution >= 4 is 18.0 Å². The van der Waals surface area contributed by atoms with Crippen LogP contribution in [-0.2, 0) is 19.1 Å². The molecule has 2 aromatic carbocycles. The van der Waals surface area contributed by atoms with Crippen LogP contribution in [0.4, 0.5) is 4.79 Å². The van der Waals surface area contributed by atoms with Crippen molar-refractivity contribution in [1.29, 1.82) is 0 Å². The number of nitrogens with zero attached hydrogens (tertiary/aromatic N) is 1. The number of rotatable bonds is 8. The number of aromatic hydroxyl groups is 1. The molecule has 0 saturated carbocycles. The van der Waals surface area contributed by atoms with Crippen molar-refractivity contribution < 1.29 is 53.1 Å². The minimum Gasteiger partial charge on any atom is -0.502 e. The Morgan fingerprint density at radius 2 is 1.52 bits per heavy atom. The number of piperidine rings is 1. The zero-order chi connectivity index (χ0) is 36.3. The second-order valence-corrected chi connectivity index (χ2v) is 15.1. The van der Waals surface area contributed by atoms with E-state index in [4.69, 9.17) is 28.4 Å². The molecule has 4 aliphatic rings. The lowest BCUT2D eigenvalue weighted by Gasteiger charge is -2.50. The molecule has 14 heteroatoms. The number of hydrogen-bond acceptors (Lipinski definition) is 12. The molecule has 5 atom stereocenters. The van der Waals surface area contributed by atoms with Gasteiger partial charge in [0.2, 0.25) is 18.4 Å². The predicted molar refractivity (Wildman–Crippen MR) is 177 cm³/mol. The van der Waals surface area contributed by atoms with E-state index in [0.29, 0.717) is 41.0 Å². The second-order valence-electron chi connectivity index (χ2n) is 15.1. The van der Waals surface area contributed by atoms with Gasteiger partial charge in [0.1, 0.15) is 12.1 Å². The normalized spacial score (nSPS) is 25.6. The van der Waals surface area contributed by atoms with Gasteiger partial charge in [-0.25, -0.2) is 4.79 Å². The van der Waals surface area contributed by atoms with E-state index in [9.17, 15) is 24.7 Å². The summed E-state index contributed by atoms with van der Waals surface area (Å²) in [7, 11) is 2.86. The van der Waals surface area contributed by atoms with Crippen molar-refractivity contribution in [3.05, 3.63) is 41.0 Å². The standard InChI is InChI=1S/C36H47N3O11/c1-17(2)29(38-34(43)50-19-13-35(3,4)39(44)36(5,6)14-19)32(41)37-30-21-12-24-23(48-16-49-24)11-20(21)27(28-22(30)15-47-33(28)42)18-9-25(45-7)31(40)26(10-18)46-8/h9-12,17,19,22,27-30,40,44H,13-16H2,1-8H3,(H,37,41)(H,38,43)/t22-,27+,28-,29-,30+/m0/s1. The topological polar surface area (TPSA) is 174 Å². The van der Waals surface area contributed by atoms with Crippen LogP contribution in [-0.4, -0.2) is 84.2 Å². The molecule has 0 aromatic heterocycles. The highest BCUT2D eigenvalue weighted by Gasteiger charge is 2.53. The van der Waals surface area contributed by atoms with E-state index in [0.717, 1.165) is 0 Å². The van der Waals surface area contributed by atoms with E-state index < -0.39 is 65.0 Å². The molecule has 0 unspecified atom stereocenters. The van der Waals surface area contributed by atoms with Gasteiger partial charge < -0.3 is 49.4 Å². The number of hydrogen-bond donors (Lipinski definition) is 4. The molecule has 0 bridgehead atoms. The Morgan fingerprint density at radius 1 is 0.940 bits per heavy atom. The molecule has 0 spiro atoms. The summed E-state index contributed by atoms with van der Waals surface area (Å²) in [5.74, 6) is -1.87. The van der Waals surface area contributed by atoms with E-state index in [1.807, 2.05) is 53.7 Å². The Bertz CT molecular complexity index is 1630. The number of methoxy groups -OCH3 is 2. The van der Waals surface area contributed by atoms with E-state index >= 15 is 0 Å². The number of carbonyl (C=O) groups excluding carboxylic acids is 3. The zero-order valence-corrected chi connectivity index (χ0v) is 29.7. The molecule has 14 nitrogen and oxygen atoms in total. The molecule has 4 N–H and O–H groups in total. The molecule has 1 aliphatic carbocycles. The summed E-state index contributed by atoms with van der Waals surface area (Å²) in [4.78, 5) is 41.0. The van der Waals surface area contributed by atoms with Crippen LogP contribution in [0, 0.1) is 17.8 Å². The molecule has 6 rings (SSSR count). The number of benzene rings is 2. The van der Waals surface area contributed by atoms with Crippen LogP contribution >= 0.6 is 0 Å². The third-order valence-electron chi connectivity index (χ3n) is 10.4. The molecule has 2 aromatic rings.